The minimum Gasteiger partial charge on any atom is -0.495 e. The van der Waals surface area contributed by atoms with E-state index in [0.717, 1.165) is 33.4 Å². The van der Waals surface area contributed by atoms with Crippen LogP contribution in [-0.2, 0) is 4.79 Å². The minimum atomic E-state index is -0.0426. The first-order valence-corrected chi connectivity index (χ1v) is 8.31. The number of nitrogens with zero attached hydrogens (tertiary/aromatic N) is 3. The lowest BCUT2D eigenvalue weighted by Crippen LogP contribution is -2.27. The molecule has 0 saturated carbocycles. The van der Waals surface area contributed by atoms with Crippen LogP contribution in [0, 0.1) is 6.92 Å². The number of methoxy groups -OCH3 is 1. The van der Waals surface area contributed by atoms with Crippen LogP contribution >= 0.6 is 0 Å². The molecule has 6 heteroatoms. The van der Waals surface area contributed by atoms with Gasteiger partial charge in [-0.25, -0.2) is 4.98 Å². The number of carbonyl (C=O) groups is 1. The zero-order valence-electron chi connectivity index (χ0n) is 15.4. The van der Waals surface area contributed by atoms with Gasteiger partial charge in [-0.15, -0.1) is 0 Å². The van der Waals surface area contributed by atoms with Gasteiger partial charge >= 0.3 is 0 Å². The normalized spacial score (nSPS) is 11.0. The van der Waals surface area contributed by atoms with Crippen molar-refractivity contribution in [3.63, 3.8) is 0 Å². The van der Waals surface area contributed by atoms with E-state index in [1.807, 2.05) is 56.3 Å². The van der Waals surface area contributed by atoms with Gasteiger partial charge in [-0.2, -0.15) is 0 Å². The van der Waals surface area contributed by atoms with E-state index < -0.39 is 0 Å². The second kappa shape index (κ2) is 7.49. The molecular formula is C20H22N4O2. The summed E-state index contributed by atoms with van der Waals surface area (Å²) in [6.45, 7) is 2.38. The number of carbonyl (C=O) groups excluding carboxylic acids is 1. The van der Waals surface area contributed by atoms with E-state index in [4.69, 9.17) is 9.72 Å². The fourth-order valence-electron chi connectivity index (χ4n) is 2.78. The Kier molecular flexibility index (Phi) is 5.14. The zero-order valence-corrected chi connectivity index (χ0v) is 15.4. The number of hydrogen-bond acceptors (Lipinski definition) is 5. The Morgan fingerprint density at radius 3 is 2.73 bits per heavy atom. The first kappa shape index (κ1) is 17.8. The third kappa shape index (κ3) is 3.97. The predicted molar refractivity (Wildman–Crippen MR) is 103 cm³/mol. The van der Waals surface area contributed by atoms with E-state index in [1.54, 1.807) is 19.5 Å². The number of aryl methyl sites for hydroxylation is 1. The Morgan fingerprint density at radius 1 is 1.19 bits per heavy atom. The molecule has 6 nitrogen and oxygen atoms in total. The molecule has 3 aromatic rings. The van der Waals surface area contributed by atoms with E-state index in [9.17, 15) is 4.79 Å². The van der Waals surface area contributed by atoms with Crippen molar-refractivity contribution in [3.05, 3.63) is 48.3 Å². The van der Waals surface area contributed by atoms with E-state index in [1.165, 1.54) is 0 Å². The summed E-state index contributed by atoms with van der Waals surface area (Å²) in [5.41, 5.74) is 4.46. The molecule has 0 aliphatic rings. The summed E-state index contributed by atoms with van der Waals surface area (Å²) in [6, 6.07) is 9.68. The van der Waals surface area contributed by atoms with E-state index in [-0.39, 0.29) is 5.91 Å². The molecule has 0 aliphatic carbocycles. The van der Waals surface area contributed by atoms with Crippen LogP contribution in [0.5, 0.6) is 5.75 Å². The van der Waals surface area contributed by atoms with Gasteiger partial charge in [0.05, 0.1) is 31.1 Å². The monoisotopic (exact) mass is 350 g/mol. The maximum absolute atomic E-state index is 12.0. The highest BCUT2D eigenvalue weighted by atomic mass is 16.5. The highest BCUT2D eigenvalue weighted by molar-refractivity contribution is 5.95. The second-order valence-corrected chi connectivity index (χ2v) is 6.46. The van der Waals surface area contributed by atoms with E-state index >= 15 is 0 Å². The van der Waals surface area contributed by atoms with Gasteiger partial charge in [0.25, 0.3) is 0 Å². The van der Waals surface area contributed by atoms with Crippen molar-refractivity contribution in [3.8, 4) is 17.0 Å². The number of ether oxygens (including phenoxy) is 1. The van der Waals surface area contributed by atoms with Crippen molar-refractivity contribution in [2.75, 3.05) is 33.1 Å². The molecule has 0 unspecified atom stereocenters. The fourth-order valence-corrected chi connectivity index (χ4v) is 2.78. The zero-order chi connectivity index (χ0) is 18.7. The van der Waals surface area contributed by atoms with Crippen molar-refractivity contribution in [1.82, 2.24) is 14.9 Å². The summed E-state index contributed by atoms with van der Waals surface area (Å²) in [5, 5.41) is 3.93. The largest absolute Gasteiger partial charge is 0.495 e. The lowest BCUT2D eigenvalue weighted by Gasteiger charge is -2.12. The van der Waals surface area contributed by atoms with E-state index in [0.29, 0.717) is 12.3 Å². The van der Waals surface area contributed by atoms with Crippen LogP contribution in [-0.4, -0.2) is 48.5 Å². The molecule has 2 aromatic heterocycles. The van der Waals surface area contributed by atoms with Gasteiger partial charge in [0.1, 0.15) is 5.75 Å². The summed E-state index contributed by atoms with van der Waals surface area (Å²) in [4.78, 5) is 22.7. The Labute approximate surface area is 152 Å². The van der Waals surface area contributed by atoms with Crippen LogP contribution in [0.2, 0.25) is 0 Å². The first-order chi connectivity index (χ1) is 12.5. The smallest absolute Gasteiger partial charge is 0.238 e. The SMILES string of the molecule is COc1cncc(-c2cc(C)c3cc(NC(=O)CN(C)C)ccc3n2)c1. The van der Waals surface area contributed by atoms with Gasteiger partial charge in [-0.05, 0) is 56.9 Å². The standard InChI is InChI=1S/C20H22N4O2/c1-13-7-19(14-8-16(26-4)11-21-10-14)23-18-6-5-15(9-17(13)18)22-20(25)12-24(2)3/h5-11H,12H2,1-4H3,(H,22,25). The first-order valence-electron chi connectivity index (χ1n) is 8.31. The van der Waals surface area contributed by atoms with Gasteiger partial charge in [0, 0.05) is 22.8 Å². The van der Waals surface area contributed by atoms with Gasteiger partial charge in [0.15, 0.2) is 0 Å². The van der Waals surface area contributed by atoms with Gasteiger partial charge in [-0.1, -0.05) is 0 Å². The third-order valence-corrected chi connectivity index (χ3v) is 4.00. The summed E-state index contributed by atoms with van der Waals surface area (Å²) >= 11 is 0. The predicted octanol–water partition coefficient (Wildman–Crippen LogP) is 3.11. The maximum atomic E-state index is 12.0. The number of anilines is 1. The second-order valence-electron chi connectivity index (χ2n) is 6.46. The quantitative estimate of drug-likeness (QED) is 0.766. The van der Waals surface area contributed by atoms with Gasteiger partial charge in [-0.3, -0.25) is 9.78 Å². The topological polar surface area (TPSA) is 67.3 Å². The van der Waals surface area contributed by atoms with E-state index in [2.05, 4.69) is 10.3 Å². The lowest BCUT2D eigenvalue weighted by molar-refractivity contribution is -0.116. The molecule has 0 fully saturated rings. The molecule has 0 saturated heterocycles. The molecule has 1 amide bonds. The molecule has 26 heavy (non-hydrogen) atoms. The number of amides is 1. The third-order valence-electron chi connectivity index (χ3n) is 4.00. The summed E-state index contributed by atoms with van der Waals surface area (Å²) in [6.07, 6.45) is 3.44. The van der Waals surface area contributed by atoms with Crippen molar-refractivity contribution in [2.24, 2.45) is 0 Å². The molecular weight excluding hydrogens is 328 g/mol. The number of likely N-dealkylation sites (N-methyl/N-ethyl adjacent to an activating group) is 1. The van der Waals surface area contributed by atoms with Gasteiger partial charge in [0.2, 0.25) is 5.91 Å². The average Bonchev–Trinajstić information content (AvgIpc) is 2.61. The molecule has 3 rings (SSSR count). The number of fused-ring (bicyclic) bond motifs is 1. The summed E-state index contributed by atoms with van der Waals surface area (Å²) in [7, 11) is 5.35. The van der Waals surface area contributed by atoms with Crippen LogP contribution in [0.25, 0.3) is 22.2 Å². The molecule has 2 heterocycles. The molecule has 1 aromatic carbocycles. The van der Waals surface area contributed by atoms with Crippen molar-refractivity contribution >= 4 is 22.5 Å². The molecule has 1 N–H and O–H groups in total. The maximum Gasteiger partial charge on any atom is 0.238 e. The Hall–Kier alpha value is -2.99. The van der Waals surface area contributed by atoms with Crippen LogP contribution in [0.1, 0.15) is 5.56 Å². The van der Waals surface area contributed by atoms with Crippen LogP contribution < -0.4 is 10.1 Å². The van der Waals surface area contributed by atoms with Crippen LogP contribution in [0.3, 0.4) is 0 Å². The van der Waals surface area contributed by atoms with Crippen LogP contribution in [0.4, 0.5) is 5.69 Å². The number of hydrogen-bond donors (Lipinski definition) is 1. The van der Waals surface area contributed by atoms with Crippen LogP contribution in [0.15, 0.2) is 42.7 Å². The Morgan fingerprint density at radius 2 is 2.00 bits per heavy atom. The van der Waals surface area contributed by atoms with Gasteiger partial charge < -0.3 is 15.0 Å². The molecule has 0 spiro atoms. The average molecular weight is 350 g/mol. The summed E-state index contributed by atoms with van der Waals surface area (Å²) in [5.74, 6) is 0.653. The number of pyridine rings is 2. The summed E-state index contributed by atoms with van der Waals surface area (Å²) < 4.78 is 5.24. The molecule has 134 valence electrons. The number of aromatic nitrogens is 2. The number of rotatable bonds is 5. The molecule has 0 bridgehead atoms. The Balaban J connectivity index is 1.94. The highest BCUT2D eigenvalue weighted by Crippen LogP contribution is 2.27. The molecule has 0 atom stereocenters. The fraction of sp³-hybridized carbons (Fsp3) is 0.250. The number of nitrogens with one attached hydrogen (secondary N) is 1. The highest BCUT2D eigenvalue weighted by Gasteiger charge is 2.09. The minimum absolute atomic E-state index is 0.0426. The van der Waals surface area contributed by atoms with Crippen molar-refractivity contribution in [1.29, 1.82) is 0 Å². The van der Waals surface area contributed by atoms with Crippen molar-refractivity contribution in [2.45, 2.75) is 6.92 Å². The molecule has 0 aliphatic heterocycles. The number of benzene rings is 1. The van der Waals surface area contributed by atoms with Crippen molar-refractivity contribution < 1.29 is 9.53 Å². The lowest BCUT2D eigenvalue weighted by atomic mass is 10.1. The Bertz CT molecular complexity index is 954. The molecule has 0 radical (unpaired) electrons.